The Morgan fingerprint density at radius 3 is 2.59 bits per heavy atom. The zero-order valence-electron chi connectivity index (χ0n) is 10.3. The van der Waals surface area contributed by atoms with Crippen LogP contribution in [0.4, 0.5) is 0 Å². The van der Waals surface area contributed by atoms with Gasteiger partial charge in [-0.05, 0) is 38.0 Å². The quantitative estimate of drug-likeness (QED) is 0.599. The molecule has 4 heteroatoms. The molecule has 0 aliphatic heterocycles. The van der Waals surface area contributed by atoms with Gasteiger partial charge in [-0.3, -0.25) is 4.79 Å². The van der Waals surface area contributed by atoms with E-state index in [9.17, 15) is 4.79 Å². The monoisotopic (exact) mass is 256 g/mol. The Morgan fingerprint density at radius 2 is 2.06 bits per heavy atom. The van der Waals surface area contributed by atoms with E-state index in [1.54, 1.807) is 13.0 Å². The van der Waals surface area contributed by atoms with Crippen molar-refractivity contribution < 1.29 is 14.3 Å². The van der Waals surface area contributed by atoms with Gasteiger partial charge >= 0.3 is 5.97 Å². The minimum absolute atomic E-state index is 0.331. The highest BCUT2D eigenvalue weighted by Crippen LogP contribution is 2.27. The maximum atomic E-state index is 11.5. The minimum atomic E-state index is -0.760. The first-order valence-electron chi connectivity index (χ1n) is 5.64. The Balaban J connectivity index is 2.85. The molecule has 0 aliphatic carbocycles. The van der Waals surface area contributed by atoms with Crippen LogP contribution in [0.3, 0.4) is 0 Å². The van der Waals surface area contributed by atoms with E-state index in [0.717, 1.165) is 16.9 Å². The van der Waals surface area contributed by atoms with E-state index >= 15 is 0 Å². The molecule has 0 heterocycles. The summed E-state index contributed by atoms with van der Waals surface area (Å²) >= 11 is 6.02. The van der Waals surface area contributed by atoms with Crippen LogP contribution in [0, 0.1) is 6.92 Å². The molecule has 0 aliphatic rings. The van der Waals surface area contributed by atoms with Gasteiger partial charge in [0.1, 0.15) is 5.75 Å². The first-order chi connectivity index (χ1) is 8.10. The number of halogens is 1. The largest absolute Gasteiger partial charge is 0.494 e. The molecule has 94 valence electrons. The number of hydrogen-bond donors (Lipinski definition) is 0. The normalized spacial score (nSPS) is 12.0. The molecular weight excluding hydrogens is 240 g/mol. The topological polar surface area (TPSA) is 35.5 Å². The number of benzene rings is 1. The van der Waals surface area contributed by atoms with Crippen LogP contribution in [0.1, 0.15) is 30.4 Å². The maximum Gasteiger partial charge on any atom is 0.328 e. The number of ether oxygens (including phenoxy) is 2. The average Bonchev–Trinajstić information content (AvgIpc) is 2.31. The van der Waals surface area contributed by atoms with E-state index in [1.165, 1.54) is 0 Å². The van der Waals surface area contributed by atoms with Crippen LogP contribution in [0.2, 0.25) is 0 Å². The van der Waals surface area contributed by atoms with Crippen molar-refractivity contribution >= 4 is 17.6 Å². The van der Waals surface area contributed by atoms with Gasteiger partial charge in [-0.2, -0.15) is 0 Å². The zero-order valence-corrected chi connectivity index (χ0v) is 11.1. The molecule has 0 spiro atoms. The lowest BCUT2D eigenvalue weighted by molar-refractivity contribution is -0.142. The van der Waals surface area contributed by atoms with E-state index < -0.39 is 11.3 Å². The highest BCUT2D eigenvalue weighted by atomic mass is 35.5. The summed E-state index contributed by atoms with van der Waals surface area (Å²) in [5.41, 5.74) is 1.69. The van der Waals surface area contributed by atoms with Crippen molar-refractivity contribution in [3.63, 3.8) is 0 Å². The van der Waals surface area contributed by atoms with Crippen LogP contribution in [0.15, 0.2) is 18.2 Å². The molecule has 1 unspecified atom stereocenters. The summed E-state index contributed by atoms with van der Waals surface area (Å²) in [7, 11) is 0. The summed E-state index contributed by atoms with van der Waals surface area (Å²) in [5.74, 6) is 0.390. The molecule has 1 aromatic carbocycles. The molecule has 0 amide bonds. The van der Waals surface area contributed by atoms with E-state index in [4.69, 9.17) is 21.1 Å². The molecule has 0 fully saturated rings. The van der Waals surface area contributed by atoms with Crippen molar-refractivity contribution in [1.29, 1.82) is 0 Å². The van der Waals surface area contributed by atoms with Gasteiger partial charge in [0.05, 0.1) is 13.2 Å². The second-order valence-electron chi connectivity index (χ2n) is 3.57. The predicted octanol–water partition coefficient (Wildman–Crippen LogP) is 3.24. The Kier molecular flexibility index (Phi) is 5.29. The number of aryl methyl sites for hydroxylation is 1. The first kappa shape index (κ1) is 13.8. The maximum absolute atomic E-state index is 11.5. The van der Waals surface area contributed by atoms with Gasteiger partial charge in [0.25, 0.3) is 0 Å². The van der Waals surface area contributed by atoms with Crippen LogP contribution in [0.5, 0.6) is 5.75 Å². The second-order valence-corrected chi connectivity index (χ2v) is 4.01. The van der Waals surface area contributed by atoms with Crippen molar-refractivity contribution in [2.75, 3.05) is 13.2 Å². The molecule has 1 aromatic rings. The van der Waals surface area contributed by atoms with Crippen LogP contribution in [-0.4, -0.2) is 19.2 Å². The number of carbonyl (C=O) groups excluding carboxylic acids is 1. The lowest BCUT2D eigenvalue weighted by Crippen LogP contribution is -2.11. The summed E-state index contributed by atoms with van der Waals surface area (Å²) in [6.45, 7) is 6.55. The van der Waals surface area contributed by atoms with Gasteiger partial charge in [0, 0.05) is 0 Å². The molecule has 1 atom stereocenters. The Hall–Kier alpha value is -1.22. The lowest BCUT2D eigenvalue weighted by atomic mass is 10.1. The van der Waals surface area contributed by atoms with Crippen molar-refractivity contribution in [3.8, 4) is 5.75 Å². The third kappa shape index (κ3) is 3.63. The van der Waals surface area contributed by atoms with Crippen molar-refractivity contribution in [3.05, 3.63) is 29.3 Å². The number of hydrogen-bond acceptors (Lipinski definition) is 3. The highest BCUT2D eigenvalue weighted by Gasteiger charge is 2.19. The van der Waals surface area contributed by atoms with Crippen molar-refractivity contribution in [2.24, 2.45) is 0 Å². The number of esters is 1. The van der Waals surface area contributed by atoms with Crippen LogP contribution in [0.25, 0.3) is 0 Å². The van der Waals surface area contributed by atoms with E-state index in [2.05, 4.69) is 0 Å². The first-order valence-corrected chi connectivity index (χ1v) is 6.07. The second kappa shape index (κ2) is 6.50. The summed E-state index contributed by atoms with van der Waals surface area (Å²) in [5, 5.41) is -0.760. The number of carbonyl (C=O) groups is 1. The Bertz CT molecular complexity index is 390. The average molecular weight is 257 g/mol. The minimum Gasteiger partial charge on any atom is -0.494 e. The molecule has 0 aromatic heterocycles. The van der Waals surface area contributed by atoms with Crippen LogP contribution in [-0.2, 0) is 9.53 Å². The predicted molar refractivity (Wildman–Crippen MR) is 67.6 cm³/mol. The summed E-state index contributed by atoms with van der Waals surface area (Å²) in [6.07, 6.45) is 0. The van der Waals surface area contributed by atoms with Crippen molar-refractivity contribution in [2.45, 2.75) is 26.1 Å². The van der Waals surface area contributed by atoms with Crippen LogP contribution < -0.4 is 4.74 Å². The molecule has 0 N–H and O–H groups in total. The van der Waals surface area contributed by atoms with E-state index in [0.29, 0.717) is 13.2 Å². The van der Waals surface area contributed by atoms with Gasteiger partial charge in [-0.15, -0.1) is 11.6 Å². The third-order valence-corrected chi connectivity index (χ3v) is 2.72. The lowest BCUT2D eigenvalue weighted by Gasteiger charge is -2.12. The Morgan fingerprint density at radius 1 is 1.35 bits per heavy atom. The smallest absolute Gasteiger partial charge is 0.328 e. The fourth-order valence-corrected chi connectivity index (χ4v) is 1.70. The zero-order chi connectivity index (χ0) is 12.8. The van der Waals surface area contributed by atoms with Crippen molar-refractivity contribution in [1.82, 2.24) is 0 Å². The molecule has 0 bridgehead atoms. The molecule has 0 saturated carbocycles. The van der Waals surface area contributed by atoms with Gasteiger partial charge in [-0.25, -0.2) is 0 Å². The third-order valence-electron chi connectivity index (χ3n) is 2.29. The van der Waals surface area contributed by atoms with Gasteiger partial charge in [-0.1, -0.05) is 12.1 Å². The van der Waals surface area contributed by atoms with E-state index in [-0.39, 0.29) is 0 Å². The fourth-order valence-electron chi connectivity index (χ4n) is 1.50. The number of alkyl halides is 1. The molecule has 0 saturated heterocycles. The Labute approximate surface area is 107 Å². The van der Waals surface area contributed by atoms with E-state index in [1.807, 2.05) is 26.0 Å². The van der Waals surface area contributed by atoms with Gasteiger partial charge in [0.15, 0.2) is 5.38 Å². The SMILES string of the molecule is CCOC(=O)C(Cl)c1ccc(OCC)c(C)c1. The summed E-state index contributed by atoms with van der Waals surface area (Å²) < 4.78 is 10.3. The molecular formula is C13H17ClO3. The highest BCUT2D eigenvalue weighted by molar-refractivity contribution is 6.29. The molecule has 17 heavy (non-hydrogen) atoms. The molecule has 3 nitrogen and oxygen atoms in total. The number of rotatable bonds is 5. The standard InChI is InChI=1S/C13H17ClO3/c1-4-16-11-7-6-10(8-9(11)3)12(14)13(15)17-5-2/h6-8,12H,4-5H2,1-3H3. The van der Waals surface area contributed by atoms with Gasteiger partial charge < -0.3 is 9.47 Å². The molecule has 0 radical (unpaired) electrons. The van der Waals surface area contributed by atoms with Gasteiger partial charge in [0.2, 0.25) is 0 Å². The summed E-state index contributed by atoms with van der Waals surface area (Å²) in [4.78, 5) is 11.5. The fraction of sp³-hybridized carbons (Fsp3) is 0.462. The molecule has 1 rings (SSSR count). The van der Waals surface area contributed by atoms with Crippen LogP contribution >= 0.6 is 11.6 Å². The summed E-state index contributed by atoms with van der Waals surface area (Å²) in [6, 6.07) is 5.45.